The average Bonchev–Trinajstić information content (AvgIpc) is 2.53. The zero-order chi connectivity index (χ0) is 16.8. The Morgan fingerprint density at radius 2 is 1.96 bits per heavy atom. The molecule has 0 spiro atoms. The standard InChI is InChI=1S/C18H17BrFNO2/c1-12(13-3-7-16(20)8-4-13)21-18(22)10-5-14-11-15(19)6-9-17(14)23-2/h3-12H,1-2H3,(H,21,22)/b10-5+/t12-/m0/s1. The Balaban J connectivity index is 2.04. The summed E-state index contributed by atoms with van der Waals surface area (Å²) in [7, 11) is 1.58. The molecule has 0 bridgehead atoms. The van der Waals surface area contributed by atoms with Gasteiger partial charge in [-0.05, 0) is 48.9 Å². The second-order valence-corrected chi connectivity index (χ2v) is 5.92. The van der Waals surface area contributed by atoms with Gasteiger partial charge in [0.25, 0.3) is 0 Å². The van der Waals surface area contributed by atoms with E-state index in [0.29, 0.717) is 5.75 Å². The molecule has 0 saturated carbocycles. The molecule has 120 valence electrons. The number of hydrogen-bond acceptors (Lipinski definition) is 2. The van der Waals surface area contributed by atoms with Gasteiger partial charge in [-0.25, -0.2) is 4.39 Å². The van der Waals surface area contributed by atoms with E-state index in [4.69, 9.17) is 4.74 Å². The molecular formula is C18H17BrFNO2. The lowest BCUT2D eigenvalue weighted by molar-refractivity contribution is -0.117. The maximum Gasteiger partial charge on any atom is 0.244 e. The second kappa shape index (κ2) is 7.92. The third-order valence-electron chi connectivity index (χ3n) is 3.33. The highest BCUT2D eigenvalue weighted by Crippen LogP contribution is 2.24. The number of rotatable bonds is 5. The van der Waals surface area contributed by atoms with Gasteiger partial charge in [-0.1, -0.05) is 28.1 Å². The summed E-state index contributed by atoms with van der Waals surface area (Å²) < 4.78 is 19.1. The van der Waals surface area contributed by atoms with E-state index in [1.54, 1.807) is 25.3 Å². The molecule has 1 atom stereocenters. The van der Waals surface area contributed by atoms with Gasteiger partial charge in [0.1, 0.15) is 11.6 Å². The maximum atomic E-state index is 12.9. The summed E-state index contributed by atoms with van der Waals surface area (Å²) in [5, 5.41) is 2.84. The van der Waals surface area contributed by atoms with Crippen LogP contribution >= 0.6 is 15.9 Å². The SMILES string of the molecule is COc1ccc(Br)cc1/C=C/C(=O)N[C@@H](C)c1ccc(F)cc1. The summed E-state index contributed by atoms with van der Waals surface area (Å²) >= 11 is 3.39. The minimum Gasteiger partial charge on any atom is -0.496 e. The van der Waals surface area contributed by atoms with Gasteiger partial charge in [-0.3, -0.25) is 4.79 Å². The molecule has 23 heavy (non-hydrogen) atoms. The summed E-state index contributed by atoms with van der Waals surface area (Å²) in [5.74, 6) is 0.154. The minimum absolute atomic E-state index is 0.211. The van der Waals surface area contributed by atoms with Crippen LogP contribution in [-0.2, 0) is 4.79 Å². The largest absolute Gasteiger partial charge is 0.496 e. The fourth-order valence-corrected chi connectivity index (χ4v) is 2.48. The van der Waals surface area contributed by atoms with E-state index in [1.165, 1.54) is 18.2 Å². The number of halogens is 2. The van der Waals surface area contributed by atoms with Gasteiger partial charge in [0.2, 0.25) is 5.91 Å². The number of ether oxygens (including phenoxy) is 1. The maximum absolute atomic E-state index is 12.9. The van der Waals surface area contributed by atoms with Gasteiger partial charge in [-0.2, -0.15) is 0 Å². The molecule has 2 aromatic carbocycles. The smallest absolute Gasteiger partial charge is 0.244 e. The van der Waals surface area contributed by atoms with Crippen LogP contribution < -0.4 is 10.1 Å². The van der Waals surface area contributed by atoms with Crippen molar-refractivity contribution in [3.63, 3.8) is 0 Å². The molecule has 1 N–H and O–H groups in total. The van der Waals surface area contributed by atoms with Crippen molar-refractivity contribution < 1.29 is 13.9 Å². The van der Waals surface area contributed by atoms with Gasteiger partial charge in [0, 0.05) is 16.1 Å². The molecule has 0 aliphatic rings. The van der Waals surface area contributed by atoms with Crippen LogP contribution in [0.1, 0.15) is 24.1 Å². The van der Waals surface area contributed by atoms with E-state index in [9.17, 15) is 9.18 Å². The zero-order valence-electron chi connectivity index (χ0n) is 12.8. The van der Waals surface area contributed by atoms with Crippen molar-refractivity contribution in [3.05, 3.63) is 70.0 Å². The number of hydrogen-bond donors (Lipinski definition) is 1. The van der Waals surface area contributed by atoms with Crippen LogP contribution in [0.25, 0.3) is 6.08 Å². The van der Waals surface area contributed by atoms with E-state index in [1.807, 2.05) is 25.1 Å². The van der Waals surface area contributed by atoms with Gasteiger partial charge >= 0.3 is 0 Å². The molecule has 5 heteroatoms. The topological polar surface area (TPSA) is 38.3 Å². The third-order valence-corrected chi connectivity index (χ3v) is 3.83. The second-order valence-electron chi connectivity index (χ2n) is 5.00. The first kappa shape index (κ1) is 17.2. The number of methoxy groups -OCH3 is 1. The summed E-state index contributed by atoms with van der Waals surface area (Å²) in [5.41, 5.74) is 1.64. The van der Waals surface area contributed by atoms with Crippen LogP contribution in [0.5, 0.6) is 5.75 Å². The number of carbonyl (C=O) groups excluding carboxylic acids is 1. The number of amides is 1. The van der Waals surface area contributed by atoms with Crippen molar-refractivity contribution in [1.82, 2.24) is 5.32 Å². The first-order valence-corrected chi connectivity index (χ1v) is 7.86. The van der Waals surface area contributed by atoms with E-state index in [0.717, 1.165) is 15.6 Å². The predicted octanol–water partition coefficient (Wildman–Crippen LogP) is 4.49. The number of benzene rings is 2. The van der Waals surface area contributed by atoms with Crippen LogP contribution in [0.4, 0.5) is 4.39 Å². The number of nitrogens with one attached hydrogen (secondary N) is 1. The fourth-order valence-electron chi connectivity index (χ4n) is 2.10. The summed E-state index contributed by atoms with van der Waals surface area (Å²) in [6.07, 6.45) is 3.14. The Morgan fingerprint density at radius 3 is 2.61 bits per heavy atom. The first-order valence-electron chi connectivity index (χ1n) is 7.07. The van der Waals surface area contributed by atoms with Crippen molar-refractivity contribution in [2.24, 2.45) is 0 Å². The Morgan fingerprint density at radius 1 is 1.26 bits per heavy atom. The van der Waals surface area contributed by atoms with Gasteiger partial charge in [0.05, 0.1) is 13.2 Å². The van der Waals surface area contributed by atoms with E-state index in [2.05, 4.69) is 21.2 Å². The molecule has 0 aliphatic heterocycles. The van der Waals surface area contributed by atoms with Crippen LogP contribution in [-0.4, -0.2) is 13.0 Å². The normalized spacial score (nSPS) is 12.2. The van der Waals surface area contributed by atoms with Crippen molar-refractivity contribution >= 4 is 27.9 Å². The van der Waals surface area contributed by atoms with Crippen molar-refractivity contribution in [2.45, 2.75) is 13.0 Å². The van der Waals surface area contributed by atoms with E-state index < -0.39 is 0 Å². The molecule has 0 fully saturated rings. The van der Waals surface area contributed by atoms with Crippen molar-refractivity contribution in [1.29, 1.82) is 0 Å². The molecule has 1 amide bonds. The molecule has 0 saturated heterocycles. The zero-order valence-corrected chi connectivity index (χ0v) is 14.4. The van der Waals surface area contributed by atoms with Crippen molar-refractivity contribution in [2.75, 3.05) is 7.11 Å². The van der Waals surface area contributed by atoms with Crippen LogP contribution in [0.3, 0.4) is 0 Å². The molecule has 3 nitrogen and oxygen atoms in total. The van der Waals surface area contributed by atoms with Crippen molar-refractivity contribution in [3.8, 4) is 5.75 Å². The summed E-state index contributed by atoms with van der Waals surface area (Å²) in [6.45, 7) is 1.85. The highest BCUT2D eigenvalue weighted by molar-refractivity contribution is 9.10. The Hall–Kier alpha value is -2.14. The molecule has 0 radical (unpaired) electrons. The van der Waals surface area contributed by atoms with Gasteiger partial charge < -0.3 is 10.1 Å². The molecular weight excluding hydrogens is 361 g/mol. The number of carbonyl (C=O) groups is 1. The molecule has 2 aromatic rings. The molecule has 0 heterocycles. The van der Waals surface area contributed by atoms with E-state index in [-0.39, 0.29) is 17.8 Å². The fraction of sp³-hybridized carbons (Fsp3) is 0.167. The lowest BCUT2D eigenvalue weighted by Crippen LogP contribution is -2.24. The third kappa shape index (κ3) is 4.93. The minimum atomic E-state index is -0.297. The predicted molar refractivity (Wildman–Crippen MR) is 92.7 cm³/mol. The lowest BCUT2D eigenvalue weighted by atomic mass is 10.1. The van der Waals surface area contributed by atoms with Crippen LogP contribution in [0, 0.1) is 5.82 Å². The van der Waals surface area contributed by atoms with E-state index >= 15 is 0 Å². The highest BCUT2D eigenvalue weighted by atomic mass is 79.9. The molecule has 2 rings (SSSR count). The monoisotopic (exact) mass is 377 g/mol. The highest BCUT2D eigenvalue weighted by Gasteiger charge is 2.08. The van der Waals surface area contributed by atoms with Crippen LogP contribution in [0.2, 0.25) is 0 Å². The quantitative estimate of drug-likeness (QED) is 0.779. The average molecular weight is 378 g/mol. The summed E-state index contributed by atoms with van der Waals surface area (Å²) in [6, 6.07) is 11.4. The molecule has 0 aliphatic carbocycles. The molecule has 0 unspecified atom stereocenters. The van der Waals surface area contributed by atoms with Gasteiger partial charge in [0.15, 0.2) is 0 Å². The molecule has 0 aromatic heterocycles. The Bertz CT molecular complexity index is 713. The Labute approximate surface area is 143 Å². The Kier molecular flexibility index (Phi) is 5.93. The van der Waals surface area contributed by atoms with Gasteiger partial charge in [-0.15, -0.1) is 0 Å². The first-order chi connectivity index (χ1) is 11.0. The lowest BCUT2D eigenvalue weighted by Gasteiger charge is -2.12. The van der Waals surface area contributed by atoms with Crippen LogP contribution in [0.15, 0.2) is 53.0 Å². The summed E-state index contributed by atoms with van der Waals surface area (Å²) in [4.78, 5) is 12.0.